The van der Waals surface area contributed by atoms with Crippen molar-refractivity contribution in [2.24, 2.45) is 17.8 Å². The number of aliphatic carboxylic acids is 1. The molecule has 3 N–H and O–H groups in total. The van der Waals surface area contributed by atoms with E-state index in [9.17, 15) is 9.90 Å². The third-order valence-electron chi connectivity index (χ3n) is 4.95. The molecule has 130 valence electrons. The van der Waals surface area contributed by atoms with E-state index in [4.69, 9.17) is 4.98 Å². The van der Waals surface area contributed by atoms with E-state index in [0.29, 0.717) is 18.8 Å². The Morgan fingerprint density at radius 1 is 1.42 bits per heavy atom. The average molecular weight is 329 g/mol. The number of nitrogens with one attached hydrogen (secondary N) is 2. The Kier molecular flexibility index (Phi) is 5.19. The molecule has 0 amide bonds. The number of aromatic amines is 1. The van der Waals surface area contributed by atoms with Crippen LogP contribution in [0.2, 0.25) is 0 Å². The van der Waals surface area contributed by atoms with E-state index in [1.807, 2.05) is 6.07 Å². The molecule has 5 nitrogen and oxygen atoms in total. The summed E-state index contributed by atoms with van der Waals surface area (Å²) >= 11 is 0. The van der Waals surface area contributed by atoms with Crippen molar-refractivity contribution in [3.8, 4) is 0 Å². The number of para-hydroxylation sites is 1. The van der Waals surface area contributed by atoms with Crippen molar-refractivity contribution in [1.82, 2.24) is 15.3 Å². The number of nitrogens with zero attached hydrogens (tertiary/aromatic N) is 1. The molecule has 0 spiro atoms. The Bertz CT molecular complexity index is 702. The molecule has 0 aliphatic carbocycles. The van der Waals surface area contributed by atoms with Gasteiger partial charge in [-0.25, -0.2) is 4.98 Å². The van der Waals surface area contributed by atoms with Crippen LogP contribution in [0.5, 0.6) is 0 Å². The molecule has 2 aromatic rings. The first-order valence-corrected chi connectivity index (χ1v) is 8.94. The zero-order valence-corrected chi connectivity index (χ0v) is 14.5. The number of aryl methyl sites for hydroxylation is 1. The molecule has 2 unspecified atom stereocenters. The molecule has 0 bridgehead atoms. The molecule has 5 heteroatoms. The number of hydrogen-bond acceptors (Lipinski definition) is 3. The quantitative estimate of drug-likeness (QED) is 0.730. The van der Waals surface area contributed by atoms with Crippen LogP contribution < -0.4 is 5.32 Å². The van der Waals surface area contributed by atoms with Gasteiger partial charge in [-0.3, -0.25) is 4.79 Å². The molecule has 3 rings (SSSR count). The zero-order chi connectivity index (χ0) is 17.1. The summed E-state index contributed by atoms with van der Waals surface area (Å²) < 4.78 is 0. The summed E-state index contributed by atoms with van der Waals surface area (Å²) in [5.41, 5.74) is 3.35. The van der Waals surface area contributed by atoms with Gasteiger partial charge in [-0.05, 0) is 55.8 Å². The third-order valence-corrected chi connectivity index (χ3v) is 4.95. The monoisotopic (exact) mass is 329 g/mol. The number of aromatic nitrogens is 2. The Balaban J connectivity index is 1.73. The number of imidazole rings is 1. The van der Waals surface area contributed by atoms with Crippen molar-refractivity contribution in [2.75, 3.05) is 13.1 Å². The van der Waals surface area contributed by atoms with Crippen LogP contribution in [0.15, 0.2) is 18.2 Å². The molecule has 24 heavy (non-hydrogen) atoms. The molecule has 0 radical (unpaired) electrons. The lowest BCUT2D eigenvalue weighted by Gasteiger charge is -2.17. The number of carbonyl (C=O) groups is 1. The van der Waals surface area contributed by atoms with Gasteiger partial charge in [0.1, 0.15) is 5.82 Å². The molecule has 1 aromatic heterocycles. The first kappa shape index (κ1) is 17.0. The molecule has 1 saturated heterocycles. The van der Waals surface area contributed by atoms with E-state index in [1.165, 1.54) is 5.56 Å². The Hall–Kier alpha value is -1.88. The van der Waals surface area contributed by atoms with E-state index < -0.39 is 5.97 Å². The maximum Gasteiger partial charge on any atom is 0.306 e. The number of carboxylic acids is 1. The molecule has 1 fully saturated rings. The fourth-order valence-electron chi connectivity index (χ4n) is 3.74. The predicted molar refractivity (Wildman–Crippen MR) is 95.1 cm³/mol. The molecule has 2 atom stereocenters. The van der Waals surface area contributed by atoms with Crippen molar-refractivity contribution in [3.63, 3.8) is 0 Å². The highest BCUT2D eigenvalue weighted by molar-refractivity contribution is 5.79. The maximum atomic E-state index is 11.6. The van der Waals surface area contributed by atoms with E-state index in [2.05, 4.69) is 36.3 Å². The summed E-state index contributed by atoms with van der Waals surface area (Å²) in [6.45, 7) is 6.16. The first-order chi connectivity index (χ1) is 11.5. The molecule has 1 aromatic carbocycles. The lowest BCUT2D eigenvalue weighted by molar-refractivity contribution is -0.143. The second-order valence-electron chi connectivity index (χ2n) is 7.33. The topological polar surface area (TPSA) is 78.0 Å². The van der Waals surface area contributed by atoms with Crippen molar-refractivity contribution in [2.45, 2.75) is 39.5 Å². The van der Waals surface area contributed by atoms with E-state index >= 15 is 0 Å². The van der Waals surface area contributed by atoms with Crippen molar-refractivity contribution < 1.29 is 9.90 Å². The van der Waals surface area contributed by atoms with Crippen LogP contribution >= 0.6 is 0 Å². The Morgan fingerprint density at radius 3 is 2.92 bits per heavy atom. The fraction of sp³-hybridized carbons (Fsp3) is 0.579. The van der Waals surface area contributed by atoms with Crippen LogP contribution in [-0.4, -0.2) is 34.1 Å². The van der Waals surface area contributed by atoms with Crippen molar-refractivity contribution in [1.29, 1.82) is 0 Å². The van der Waals surface area contributed by atoms with Crippen LogP contribution in [-0.2, 0) is 17.6 Å². The van der Waals surface area contributed by atoms with Crippen LogP contribution in [0, 0.1) is 17.8 Å². The minimum atomic E-state index is -0.680. The Labute approximate surface area is 142 Å². The number of fused-ring (bicyclic) bond motifs is 1. The van der Waals surface area contributed by atoms with Gasteiger partial charge in [-0.15, -0.1) is 0 Å². The highest BCUT2D eigenvalue weighted by atomic mass is 16.4. The summed E-state index contributed by atoms with van der Waals surface area (Å²) in [5.74, 6) is 0.757. The molecular formula is C19H27N3O2. The Morgan fingerprint density at radius 2 is 2.25 bits per heavy atom. The van der Waals surface area contributed by atoms with Crippen LogP contribution in [0.4, 0.5) is 0 Å². The number of H-pyrrole nitrogens is 1. The summed E-state index contributed by atoms with van der Waals surface area (Å²) in [4.78, 5) is 19.7. The van der Waals surface area contributed by atoms with Crippen LogP contribution in [0.3, 0.4) is 0 Å². The molecule has 1 aliphatic rings. The van der Waals surface area contributed by atoms with Crippen LogP contribution in [0.25, 0.3) is 11.0 Å². The van der Waals surface area contributed by atoms with Gasteiger partial charge in [0.2, 0.25) is 0 Å². The largest absolute Gasteiger partial charge is 0.481 e. The van der Waals surface area contributed by atoms with Gasteiger partial charge < -0.3 is 15.4 Å². The SMILES string of the molecule is CC(C)Cc1cccc2[nH]c(CCC(C(=O)O)C3CCNC3)nc12. The molecule has 2 heterocycles. The summed E-state index contributed by atoms with van der Waals surface area (Å²) in [6, 6.07) is 6.24. The van der Waals surface area contributed by atoms with Crippen molar-refractivity contribution >= 4 is 17.0 Å². The van der Waals surface area contributed by atoms with Gasteiger partial charge in [0.05, 0.1) is 17.0 Å². The standard InChI is InChI=1S/C19H27N3O2/c1-12(2)10-13-4-3-5-16-18(13)22-17(21-16)7-6-15(19(23)24)14-8-9-20-11-14/h3-5,12,14-15,20H,6-11H2,1-2H3,(H,21,22)(H,23,24). The van der Waals surface area contributed by atoms with Crippen LogP contribution in [0.1, 0.15) is 38.1 Å². The minimum absolute atomic E-state index is 0.239. The number of carboxylic acid groups (broad SMARTS) is 1. The number of benzene rings is 1. The lowest BCUT2D eigenvalue weighted by Crippen LogP contribution is -2.26. The van der Waals surface area contributed by atoms with Gasteiger partial charge in [-0.2, -0.15) is 0 Å². The average Bonchev–Trinajstić information content (AvgIpc) is 3.16. The minimum Gasteiger partial charge on any atom is -0.481 e. The second kappa shape index (κ2) is 7.34. The summed E-state index contributed by atoms with van der Waals surface area (Å²) in [7, 11) is 0. The highest BCUT2D eigenvalue weighted by Crippen LogP contribution is 2.25. The summed E-state index contributed by atoms with van der Waals surface area (Å²) in [5, 5.41) is 12.8. The van der Waals surface area contributed by atoms with E-state index in [1.54, 1.807) is 0 Å². The molecular weight excluding hydrogens is 302 g/mol. The van der Waals surface area contributed by atoms with E-state index in [-0.39, 0.29) is 11.8 Å². The van der Waals surface area contributed by atoms with Gasteiger partial charge in [0.15, 0.2) is 0 Å². The summed E-state index contributed by atoms with van der Waals surface area (Å²) in [6.07, 6.45) is 3.28. The predicted octanol–water partition coefficient (Wildman–Crippen LogP) is 3.00. The highest BCUT2D eigenvalue weighted by Gasteiger charge is 2.30. The van der Waals surface area contributed by atoms with Crippen molar-refractivity contribution in [3.05, 3.63) is 29.6 Å². The molecule has 1 aliphatic heterocycles. The van der Waals surface area contributed by atoms with Gasteiger partial charge in [0.25, 0.3) is 0 Å². The smallest absolute Gasteiger partial charge is 0.306 e. The van der Waals surface area contributed by atoms with Gasteiger partial charge in [-0.1, -0.05) is 26.0 Å². The number of hydrogen-bond donors (Lipinski definition) is 3. The van der Waals surface area contributed by atoms with Gasteiger partial charge in [0, 0.05) is 6.42 Å². The van der Waals surface area contributed by atoms with E-state index in [0.717, 1.165) is 42.8 Å². The number of rotatable bonds is 7. The third kappa shape index (κ3) is 3.78. The lowest BCUT2D eigenvalue weighted by atomic mass is 9.87. The maximum absolute atomic E-state index is 11.6. The molecule has 0 saturated carbocycles. The zero-order valence-electron chi connectivity index (χ0n) is 14.5. The van der Waals surface area contributed by atoms with Gasteiger partial charge >= 0.3 is 5.97 Å². The first-order valence-electron chi connectivity index (χ1n) is 8.94. The second-order valence-corrected chi connectivity index (χ2v) is 7.33. The normalized spacial score (nSPS) is 19.2. The fourth-order valence-corrected chi connectivity index (χ4v) is 3.74.